The van der Waals surface area contributed by atoms with Gasteiger partial charge in [-0.25, -0.2) is 0 Å². The van der Waals surface area contributed by atoms with Crippen LogP contribution in [-0.2, 0) is 33.5 Å². The number of hydrogen-bond donors (Lipinski definition) is 6. The molecule has 0 fully saturated rings. The highest BCUT2D eigenvalue weighted by atomic mass is 16.5. The molecule has 0 heterocycles. The van der Waals surface area contributed by atoms with Crippen LogP contribution in [0.15, 0.2) is 72.9 Å². The van der Waals surface area contributed by atoms with E-state index in [1.807, 2.05) is 0 Å². The molecule has 6 unspecified atom stereocenters. The van der Waals surface area contributed by atoms with E-state index < -0.39 is 95.4 Å². The molecule has 0 radical (unpaired) electrons. The van der Waals surface area contributed by atoms with E-state index in [0.29, 0.717) is 77.0 Å². The Morgan fingerprint density at radius 2 is 0.267 bits per heavy atom. The molecule has 0 amide bonds. The smallest absolute Gasteiger partial charge is 0.162 e. The van der Waals surface area contributed by atoms with Crippen molar-refractivity contribution in [3.05, 3.63) is 72.9 Å². The monoisotopic (exact) mass is 1840 g/mol. The van der Waals surface area contributed by atoms with Gasteiger partial charge in [0.25, 0.3) is 0 Å². The van der Waals surface area contributed by atoms with Gasteiger partial charge in [-0.15, -0.1) is 0 Å². The van der Waals surface area contributed by atoms with E-state index in [1.54, 1.807) is 0 Å². The van der Waals surface area contributed by atoms with Gasteiger partial charge in [0.2, 0.25) is 0 Å². The molecule has 0 saturated heterocycles. The van der Waals surface area contributed by atoms with Crippen molar-refractivity contribution >= 4 is 34.7 Å². The van der Waals surface area contributed by atoms with Crippen molar-refractivity contribution in [2.75, 3.05) is 13.2 Å². The van der Waals surface area contributed by atoms with Gasteiger partial charge in [-0.3, -0.25) is 28.8 Å². The first-order valence-corrected chi connectivity index (χ1v) is 56.8. The lowest BCUT2D eigenvalue weighted by Crippen LogP contribution is -2.65. The molecule has 13 heteroatoms. The van der Waals surface area contributed by atoms with Gasteiger partial charge in [-0.2, -0.15) is 0 Å². The van der Waals surface area contributed by atoms with E-state index >= 15 is 28.8 Å². The minimum atomic E-state index is -2.82. The predicted octanol–water partition coefficient (Wildman–Crippen LogP) is 32.8. The molecule has 0 aliphatic carbocycles. The lowest BCUT2D eigenvalue weighted by atomic mass is 9.66. The van der Waals surface area contributed by atoms with Crippen molar-refractivity contribution in [2.45, 2.75) is 618 Å². The lowest BCUT2D eigenvalue weighted by molar-refractivity contribution is -0.207. The summed E-state index contributed by atoms with van der Waals surface area (Å²) in [6.45, 7) is 11.1. The summed E-state index contributed by atoms with van der Waals surface area (Å²) < 4.78 is 6.67. The van der Waals surface area contributed by atoms with Gasteiger partial charge in [0.15, 0.2) is 34.7 Å². The molecule has 764 valence electrons. The number of allylic oxidation sites excluding steroid dienone is 12. The fourth-order valence-electron chi connectivity index (χ4n) is 18.6. The fraction of sp³-hybridized carbons (Fsp3) is 0.847. The van der Waals surface area contributed by atoms with E-state index in [-0.39, 0.29) is 38.5 Å². The van der Waals surface area contributed by atoms with Crippen LogP contribution in [0.3, 0.4) is 0 Å². The summed E-state index contributed by atoms with van der Waals surface area (Å²) in [7, 11) is 0. The molecule has 0 aromatic heterocycles. The number of carbonyl (C=O) groups excluding carboxylic acids is 6. The average molecular weight is 1840 g/mol. The Balaban J connectivity index is 8.04. The summed E-state index contributed by atoms with van der Waals surface area (Å²) in [4.78, 5) is 90.9. The highest BCUT2D eigenvalue weighted by molar-refractivity contribution is 5.93. The average Bonchev–Trinajstić information content (AvgIpc) is 0.753. The molecule has 0 aliphatic heterocycles. The van der Waals surface area contributed by atoms with Gasteiger partial charge < -0.3 is 35.4 Å². The third-order valence-electron chi connectivity index (χ3n) is 27.7. The van der Waals surface area contributed by atoms with Gasteiger partial charge in [-0.1, -0.05) is 423 Å². The highest BCUT2D eigenvalue weighted by Crippen LogP contribution is 2.41. The molecule has 0 bridgehead atoms. The zero-order valence-electron chi connectivity index (χ0n) is 86.7. The van der Waals surface area contributed by atoms with Gasteiger partial charge >= 0.3 is 0 Å². The van der Waals surface area contributed by atoms with Crippen LogP contribution in [0.5, 0.6) is 0 Å². The maximum Gasteiger partial charge on any atom is 0.162 e. The van der Waals surface area contributed by atoms with Gasteiger partial charge in [-0.05, 0) is 193 Å². The second kappa shape index (κ2) is 96.4. The summed E-state index contributed by atoms with van der Waals surface area (Å²) in [6.07, 6.45) is 90.3. The number of carbonyl (C=O) groups is 6. The first kappa shape index (κ1) is 127. The highest BCUT2D eigenvalue weighted by Gasteiger charge is 2.60. The number of hydrogen-bond acceptors (Lipinski definition) is 13. The minimum Gasteiger partial charge on any atom is -0.384 e. The van der Waals surface area contributed by atoms with Crippen LogP contribution < -0.4 is 0 Å². The predicted molar refractivity (Wildman–Crippen MR) is 558 cm³/mol. The van der Waals surface area contributed by atoms with E-state index in [9.17, 15) is 30.6 Å². The quantitative estimate of drug-likeness (QED) is 0.0246. The zero-order chi connectivity index (χ0) is 95.9. The minimum absolute atomic E-state index is 0.230. The Labute approximate surface area is 808 Å². The fourth-order valence-corrected chi connectivity index (χ4v) is 18.6. The molecular formula is C118H214O13. The SMILES string of the molecule is CCCCCCCC/C=C\CCCCCCCC(=O)C(O)C(COCC(C(O)C(=O)CCCCCCC/C=C\CCCCCCCC)(C(O)C(=O)CCCCCCC/C=C\CCCCCCCC)C(O)C(=O)CCCCCCC/C=C\CCCCCCCC)(C(O)C(=O)CCCCCCC/C=C\CCCCCCCC)C(O)C(=O)CCCCCCC/C=C\CCCCCCCC. The first-order valence-electron chi connectivity index (χ1n) is 56.8. The Bertz CT molecular complexity index is 2300. The molecule has 13 nitrogen and oxygen atoms in total. The Kier molecular flexibility index (Phi) is 93.6. The summed E-state index contributed by atoms with van der Waals surface area (Å²) in [6, 6.07) is 0. The zero-order valence-corrected chi connectivity index (χ0v) is 86.7. The largest absolute Gasteiger partial charge is 0.384 e. The summed E-state index contributed by atoms with van der Waals surface area (Å²) >= 11 is 0. The molecule has 6 N–H and O–H groups in total. The molecular weight excluding hydrogens is 1630 g/mol. The number of aliphatic hydroxyl groups is 6. The van der Waals surface area contributed by atoms with Gasteiger partial charge in [0.1, 0.15) is 36.6 Å². The molecule has 0 rings (SSSR count). The molecule has 6 atom stereocenters. The topological polar surface area (TPSA) is 233 Å². The van der Waals surface area contributed by atoms with Gasteiger partial charge in [0, 0.05) is 38.5 Å². The number of ether oxygens (including phenoxy) is 1. The summed E-state index contributed by atoms with van der Waals surface area (Å²) in [5.41, 5.74) is -5.64. The van der Waals surface area contributed by atoms with Crippen molar-refractivity contribution in [1.29, 1.82) is 0 Å². The van der Waals surface area contributed by atoms with Crippen LogP contribution in [0, 0.1) is 10.8 Å². The maximum atomic E-state index is 15.2. The third-order valence-corrected chi connectivity index (χ3v) is 27.7. The van der Waals surface area contributed by atoms with E-state index in [4.69, 9.17) is 4.74 Å². The maximum absolute atomic E-state index is 15.2. The van der Waals surface area contributed by atoms with E-state index in [1.165, 1.54) is 231 Å². The number of ketones is 6. The second-order valence-electron chi connectivity index (χ2n) is 39.9. The second-order valence-corrected chi connectivity index (χ2v) is 39.9. The van der Waals surface area contributed by atoms with Crippen molar-refractivity contribution in [1.82, 2.24) is 0 Å². The van der Waals surface area contributed by atoms with Gasteiger partial charge in [0.05, 0.1) is 24.0 Å². The van der Waals surface area contributed by atoms with E-state index in [0.717, 1.165) is 193 Å². The van der Waals surface area contributed by atoms with Crippen LogP contribution in [0.25, 0.3) is 0 Å². The molecule has 0 aromatic rings. The molecule has 0 saturated carbocycles. The number of unbranched alkanes of at least 4 members (excludes halogenated alkanes) is 66. The van der Waals surface area contributed by atoms with Crippen molar-refractivity contribution in [3.8, 4) is 0 Å². The number of Topliss-reactive ketones (excluding diaryl/α,β-unsaturated/α-hetero) is 6. The molecule has 0 aliphatic rings. The first-order chi connectivity index (χ1) is 64.1. The Morgan fingerprint density at radius 3 is 0.382 bits per heavy atom. The van der Waals surface area contributed by atoms with Crippen LogP contribution in [0.1, 0.15) is 581 Å². The van der Waals surface area contributed by atoms with Crippen molar-refractivity contribution < 1.29 is 64.1 Å². The molecule has 131 heavy (non-hydrogen) atoms. The Morgan fingerprint density at radius 1 is 0.168 bits per heavy atom. The standard InChI is InChI=1S/C118H214O13/c1-7-13-19-25-31-37-43-49-55-61-67-73-79-85-91-97-105(119)111(125)117(112(126)106(120)98-92-86-80-74-68-62-56-50-44-38-32-26-20-14-8-2,113(127)107(121)99-93-87-81-75-69-63-57-51-45-39-33-27-21-15-9-3)103-131-104-118(114(128)108(122)100-94-88-82-76-70-64-58-52-46-40-34-28-22-16-10-4,115(129)109(123)101-95-89-83-77-71-65-59-53-47-41-35-29-23-17-11-5)116(130)110(124)102-96-90-84-78-72-66-60-54-48-42-36-30-24-18-12-6/h49-60,111-116,125-130H,7-48,61-104H2,1-6H3/b55-49-,56-50-,57-51-,58-52-,59-53-,60-54-. The summed E-state index contributed by atoms with van der Waals surface area (Å²) in [5, 5.41) is 78.6. The van der Waals surface area contributed by atoms with Crippen LogP contribution in [-0.4, -0.2) is 115 Å². The molecule has 0 aromatic carbocycles. The van der Waals surface area contributed by atoms with Crippen molar-refractivity contribution in [2.24, 2.45) is 10.8 Å². The van der Waals surface area contributed by atoms with Crippen molar-refractivity contribution in [3.63, 3.8) is 0 Å². The van der Waals surface area contributed by atoms with Crippen LogP contribution >= 0.6 is 0 Å². The summed E-state index contributed by atoms with van der Waals surface area (Å²) in [5.74, 6) is -5.01. The van der Waals surface area contributed by atoms with E-state index in [2.05, 4.69) is 114 Å². The van der Waals surface area contributed by atoms with Crippen LogP contribution in [0.4, 0.5) is 0 Å². The normalized spacial score (nSPS) is 14.6. The number of rotatable bonds is 106. The Hall–Kier alpha value is -3.82. The lowest BCUT2D eigenvalue weighted by Gasteiger charge is -2.46. The number of aliphatic hydroxyl groups excluding tert-OH is 6. The molecule has 0 spiro atoms. The van der Waals surface area contributed by atoms with Crippen LogP contribution in [0.2, 0.25) is 0 Å². The third kappa shape index (κ3) is 70.5.